The molecular weight excluding hydrogens is 350 g/mol. The molecule has 2 aromatic carbocycles. The molecule has 0 aromatic heterocycles. The van der Waals surface area contributed by atoms with Crippen LogP contribution in [0.25, 0.3) is 0 Å². The Balaban J connectivity index is 1.82. The molecule has 0 unspecified atom stereocenters. The lowest BCUT2D eigenvalue weighted by Crippen LogP contribution is -2.17. The van der Waals surface area contributed by atoms with Gasteiger partial charge in [-0.15, -0.1) is 0 Å². The molecule has 0 bridgehead atoms. The summed E-state index contributed by atoms with van der Waals surface area (Å²) in [4.78, 5) is 12.4. The van der Waals surface area contributed by atoms with E-state index in [9.17, 15) is 4.79 Å². The topological polar surface area (TPSA) is 56.8 Å². The van der Waals surface area contributed by atoms with Crippen molar-refractivity contribution in [2.45, 2.75) is 0 Å². The highest BCUT2D eigenvalue weighted by Crippen LogP contribution is 2.35. The predicted molar refractivity (Wildman–Crippen MR) is 86.1 cm³/mol. The number of anilines is 1. The van der Waals surface area contributed by atoms with Gasteiger partial charge in [-0.2, -0.15) is 0 Å². The van der Waals surface area contributed by atoms with Crippen molar-refractivity contribution in [3.8, 4) is 17.2 Å². The zero-order valence-corrected chi connectivity index (χ0v) is 13.5. The molecule has 0 aliphatic carbocycles. The minimum absolute atomic E-state index is 0.228. The van der Waals surface area contributed by atoms with E-state index in [0.717, 1.165) is 5.75 Å². The zero-order chi connectivity index (χ0) is 15.5. The van der Waals surface area contributed by atoms with Gasteiger partial charge in [-0.05, 0) is 52.3 Å². The number of halogens is 1. The van der Waals surface area contributed by atoms with E-state index in [1.165, 1.54) is 0 Å². The first-order chi connectivity index (χ1) is 10.7. The van der Waals surface area contributed by atoms with Gasteiger partial charge in [-0.1, -0.05) is 0 Å². The minimum atomic E-state index is -0.228. The SMILES string of the molecule is COc1ccc(NC(=O)c2cc3c(cc2Br)OCCO3)cc1. The lowest BCUT2D eigenvalue weighted by atomic mass is 10.1. The summed E-state index contributed by atoms with van der Waals surface area (Å²) in [7, 11) is 1.60. The summed E-state index contributed by atoms with van der Waals surface area (Å²) in [5.74, 6) is 1.72. The maximum Gasteiger partial charge on any atom is 0.256 e. The van der Waals surface area contributed by atoms with Crippen LogP contribution < -0.4 is 19.5 Å². The largest absolute Gasteiger partial charge is 0.497 e. The molecule has 5 nitrogen and oxygen atoms in total. The highest BCUT2D eigenvalue weighted by atomic mass is 79.9. The standard InChI is InChI=1S/C16H14BrNO4/c1-20-11-4-2-10(3-5-11)18-16(19)12-8-14-15(9-13(12)17)22-7-6-21-14/h2-5,8-9H,6-7H2,1H3,(H,18,19). The molecule has 1 aliphatic heterocycles. The van der Waals surface area contributed by atoms with Gasteiger partial charge in [0, 0.05) is 10.2 Å². The zero-order valence-electron chi connectivity index (χ0n) is 11.9. The maximum absolute atomic E-state index is 12.4. The Morgan fingerprint density at radius 3 is 2.41 bits per heavy atom. The molecule has 0 fully saturated rings. The second kappa shape index (κ2) is 6.27. The molecule has 2 aromatic rings. The third kappa shape index (κ3) is 3.01. The molecule has 1 amide bonds. The van der Waals surface area contributed by atoms with Crippen molar-refractivity contribution < 1.29 is 19.0 Å². The molecule has 3 rings (SSSR count). The number of fused-ring (bicyclic) bond motifs is 1. The van der Waals surface area contributed by atoms with Gasteiger partial charge in [0.05, 0.1) is 12.7 Å². The van der Waals surface area contributed by atoms with Crippen LogP contribution in [0.3, 0.4) is 0 Å². The van der Waals surface area contributed by atoms with Crippen LogP contribution in [0, 0.1) is 0 Å². The van der Waals surface area contributed by atoms with Crippen LogP contribution in [0.2, 0.25) is 0 Å². The summed E-state index contributed by atoms with van der Waals surface area (Å²) in [6.45, 7) is 0.991. The first-order valence-corrected chi connectivity index (χ1v) is 7.51. The molecule has 6 heteroatoms. The summed E-state index contributed by atoms with van der Waals surface area (Å²) >= 11 is 3.40. The van der Waals surface area contributed by atoms with Gasteiger partial charge in [0.25, 0.3) is 5.91 Å². The van der Waals surface area contributed by atoms with Gasteiger partial charge >= 0.3 is 0 Å². The number of hydrogen-bond donors (Lipinski definition) is 1. The van der Waals surface area contributed by atoms with Crippen LogP contribution in [-0.2, 0) is 0 Å². The number of rotatable bonds is 3. The van der Waals surface area contributed by atoms with Gasteiger partial charge in [-0.25, -0.2) is 0 Å². The monoisotopic (exact) mass is 363 g/mol. The molecule has 1 N–H and O–H groups in total. The molecule has 0 spiro atoms. The van der Waals surface area contributed by atoms with Crippen LogP contribution in [0.4, 0.5) is 5.69 Å². The molecule has 114 valence electrons. The summed E-state index contributed by atoms with van der Waals surface area (Å²) in [6, 6.07) is 10.6. The van der Waals surface area contributed by atoms with Gasteiger partial charge in [0.1, 0.15) is 19.0 Å². The van der Waals surface area contributed by atoms with E-state index in [4.69, 9.17) is 14.2 Å². The van der Waals surface area contributed by atoms with E-state index < -0.39 is 0 Å². The Labute approximate surface area is 136 Å². The first-order valence-electron chi connectivity index (χ1n) is 6.72. The van der Waals surface area contributed by atoms with E-state index in [2.05, 4.69) is 21.2 Å². The van der Waals surface area contributed by atoms with E-state index in [1.54, 1.807) is 43.5 Å². The lowest BCUT2D eigenvalue weighted by molar-refractivity contribution is 0.102. The Kier molecular flexibility index (Phi) is 4.20. The van der Waals surface area contributed by atoms with Crippen LogP contribution in [-0.4, -0.2) is 26.2 Å². The van der Waals surface area contributed by atoms with Crippen molar-refractivity contribution >= 4 is 27.5 Å². The van der Waals surface area contributed by atoms with Gasteiger partial charge in [-0.3, -0.25) is 4.79 Å². The third-order valence-electron chi connectivity index (χ3n) is 3.22. The molecule has 0 atom stereocenters. The Morgan fingerprint density at radius 2 is 1.77 bits per heavy atom. The summed E-state index contributed by atoms with van der Waals surface area (Å²) < 4.78 is 16.7. The number of amides is 1. The molecule has 0 saturated heterocycles. The average Bonchev–Trinajstić information content (AvgIpc) is 2.54. The van der Waals surface area contributed by atoms with Gasteiger partial charge in [0.15, 0.2) is 11.5 Å². The number of hydrogen-bond acceptors (Lipinski definition) is 4. The van der Waals surface area contributed by atoms with Gasteiger partial charge in [0.2, 0.25) is 0 Å². The van der Waals surface area contributed by atoms with E-state index in [1.807, 2.05) is 0 Å². The van der Waals surface area contributed by atoms with Gasteiger partial charge < -0.3 is 19.5 Å². The summed E-state index contributed by atoms with van der Waals surface area (Å²) in [5, 5.41) is 2.84. The third-order valence-corrected chi connectivity index (χ3v) is 3.88. The smallest absolute Gasteiger partial charge is 0.256 e. The highest BCUT2D eigenvalue weighted by Gasteiger charge is 2.18. The first kappa shape index (κ1) is 14.7. The van der Waals surface area contributed by atoms with E-state index in [-0.39, 0.29) is 5.91 Å². The van der Waals surface area contributed by atoms with Crippen molar-refractivity contribution in [3.63, 3.8) is 0 Å². The van der Waals surface area contributed by atoms with Crippen molar-refractivity contribution in [2.24, 2.45) is 0 Å². The molecular formula is C16H14BrNO4. The van der Waals surface area contributed by atoms with Crippen LogP contribution in [0.5, 0.6) is 17.2 Å². The molecule has 0 radical (unpaired) electrons. The fourth-order valence-corrected chi connectivity index (χ4v) is 2.61. The minimum Gasteiger partial charge on any atom is -0.497 e. The number of carbonyl (C=O) groups excluding carboxylic acids is 1. The average molecular weight is 364 g/mol. The van der Waals surface area contributed by atoms with Crippen molar-refractivity contribution in [1.29, 1.82) is 0 Å². The van der Waals surface area contributed by atoms with Crippen molar-refractivity contribution in [1.82, 2.24) is 0 Å². The molecule has 1 heterocycles. The van der Waals surface area contributed by atoms with Crippen LogP contribution in [0.1, 0.15) is 10.4 Å². The Morgan fingerprint density at radius 1 is 1.14 bits per heavy atom. The van der Waals surface area contributed by atoms with Crippen molar-refractivity contribution in [3.05, 3.63) is 46.4 Å². The van der Waals surface area contributed by atoms with Crippen molar-refractivity contribution in [2.75, 3.05) is 25.6 Å². The highest BCUT2D eigenvalue weighted by molar-refractivity contribution is 9.10. The number of benzene rings is 2. The normalized spacial score (nSPS) is 12.6. The number of nitrogens with one attached hydrogen (secondary N) is 1. The summed E-state index contributed by atoms with van der Waals surface area (Å²) in [6.07, 6.45) is 0. The summed E-state index contributed by atoms with van der Waals surface area (Å²) in [5.41, 5.74) is 1.17. The lowest BCUT2D eigenvalue weighted by Gasteiger charge is -2.19. The number of ether oxygens (including phenoxy) is 3. The second-order valence-electron chi connectivity index (χ2n) is 4.66. The van der Waals surface area contributed by atoms with E-state index >= 15 is 0 Å². The molecule has 0 saturated carbocycles. The predicted octanol–water partition coefficient (Wildman–Crippen LogP) is 3.48. The molecule has 22 heavy (non-hydrogen) atoms. The fourth-order valence-electron chi connectivity index (χ4n) is 2.11. The Hall–Kier alpha value is -2.21. The van der Waals surface area contributed by atoms with E-state index in [0.29, 0.717) is 40.4 Å². The Bertz CT molecular complexity index is 700. The second-order valence-corrected chi connectivity index (χ2v) is 5.51. The van der Waals surface area contributed by atoms with Crippen LogP contribution in [0.15, 0.2) is 40.9 Å². The quantitative estimate of drug-likeness (QED) is 0.906. The molecule has 1 aliphatic rings. The maximum atomic E-state index is 12.4. The number of methoxy groups -OCH3 is 1. The fraction of sp³-hybridized carbons (Fsp3) is 0.188. The van der Waals surface area contributed by atoms with Crippen LogP contribution >= 0.6 is 15.9 Å². The number of carbonyl (C=O) groups is 1.